The van der Waals surface area contributed by atoms with E-state index < -0.39 is 0 Å². The number of benzene rings is 2. The molecular formula is C28H29N3O4S. The Morgan fingerprint density at radius 3 is 2.67 bits per heavy atom. The van der Waals surface area contributed by atoms with Crippen LogP contribution in [-0.4, -0.2) is 36.4 Å². The summed E-state index contributed by atoms with van der Waals surface area (Å²) < 4.78 is 13.0. The fourth-order valence-electron chi connectivity index (χ4n) is 6.17. The van der Waals surface area contributed by atoms with Crippen LogP contribution in [0.4, 0.5) is 0 Å². The molecule has 7 nitrogen and oxygen atoms in total. The monoisotopic (exact) mass is 503 g/mol. The Hall–Kier alpha value is -3.36. The van der Waals surface area contributed by atoms with Gasteiger partial charge < -0.3 is 19.8 Å². The summed E-state index contributed by atoms with van der Waals surface area (Å²) >= 11 is 1.36. The van der Waals surface area contributed by atoms with Crippen molar-refractivity contribution in [3.63, 3.8) is 0 Å². The lowest BCUT2D eigenvalue weighted by Gasteiger charge is -2.32. The minimum Gasteiger partial charge on any atom is -0.496 e. The second-order valence-corrected chi connectivity index (χ2v) is 10.5. The van der Waals surface area contributed by atoms with Gasteiger partial charge in [-0.15, -0.1) is 11.3 Å². The maximum atomic E-state index is 13.4. The van der Waals surface area contributed by atoms with E-state index in [0.29, 0.717) is 40.8 Å². The lowest BCUT2D eigenvalue weighted by atomic mass is 9.73. The molecule has 0 spiro atoms. The second kappa shape index (κ2) is 9.26. The van der Waals surface area contributed by atoms with Crippen molar-refractivity contribution in [1.29, 1.82) is 0 Å². The molecule has 2 aliphatic rings. The number of nitrogens with one attached hydrogen (secondary N) is 2. The van der Waals surface area contributed by atoms with Crippen LogP contribution in [-0.2, 0) is 13.0 Å². The number of fused-ring (bicyclic) bond motifs is 4. The number of para-hydroxylation sites is 1. The van der Waals surface area contributed by atoms with Crippen LogP contribution in [0.5, 0.6) is 11.5 Å². The van der Waals surface area contributed by atoms with Crippen LogP contribution < -0.4 is 26.0 Å². The molecule has 36 heavy (non-hydrogen) atoms. The van der Waals surface area contributed by atoms with E-state index in [4.69, 9.17) is 9.47 Å². The first kappa shape index (κ1) is 23.1. The van der Waals surface area contributed by atoms with Gasteiger partial charge in [0.25, 0.3) is 5.56 Å². The normalized spacial score (nSPS) is 20.8. The van der Waals surface area contributed by atoms with Crippen LogP contribution in [0.25, 0.3) is 21.3 Å². The fraction of sp³-hybridized carbons (Fsp3) is 0.357. The Morgan fingerprint density at radius 1 is 1.03 bits per heavy atom. The van der Waals surface area contributed by atoms with Gasteiger partial charge in [-0.1, -0.05) is 30.3 Å². The van der Waals surface area contributed by atoms with Gasteiger partial charge in [0.15, 0.2) is 0 Å². The van der Waals surface area contributed by atoms with Gasteiger partial charge >= 0.3 is 5.69 Å². The average molecular weight is 504 g/mol. The van der Waals surface area contributed by atoms with Crippen molar-refractivity contribution in [3.8, 4) is 22.6 Å². The van der Waals surface area contributed by atoms with Crippen molar-refractivity contribution in [1.82, 2.24) is 14.9 Å². The predicted octanol–water partition coefficient (Wildman–Crippen LogP) is 4.14. The van der Waals surface area contributed by atoms with Crippen molar-refractivity contribution in [3.05, 3.63) is 79.8 Å². The molecule has 4 aromatic rings. The molecule has 0 bridgehead atoms. The summed E-state index contributed by atoms with van der Waals surface area (Å²) in [4.78, 5) is 29.5. The van der Waals surface area contributed by atoms with E-state index in [0.717, 1.165) is 36.3 Å². The molecular weight excluding hydrogens is 474 g/mol. The summed E-state index contributed by atoms with van der Waals surface area (Å²) in [6, 6.07) is 14.1. The summed E-state index contributed by atoms with van der Waals surface area (Å²) in [5.41, 5.74) is 4.27. The second-order valence-electron chi connectivity index (χ2n) is 9.60. The molecule has 1 saturated heterocycles. The minimum atomic E-state index is -0.373. The summed E-state index contributed by atoms with van der Waals surface area (Å²) in [6.07, 6.45) is 2.85. The van der Waals surface area contributed by atoms with E-state index in [9.17, 15) is 9.59 Å². The van der Waals surface area contributed by atoms with Crippen molar-refractivity contribution in [2.75, 3.05) is 20.8 Å². The SMILES string of the molecule is COc1ccccc1-c1csc2c(=O)n(CCC3NC[C@@H]4CCc5c(OC)cccc5[C@H]34)c(=O)[nH]c12. The first-order chi connectivity index (χ1) is 17.6. The zero-order valence-electron chi connectivity index (χ0n) is 20.4. The third-order valence-corrected chi connectivity index (χ3v) is 8.83. The molecule has 1 aliphatic carbocycles. The van der Waals surface area contributed by atoms with E-state index in [-0.39, 0.29) is 17.3 Å². The third-order valence-electron chi connectivity index (χ3n) is 7.87. The zero-order valence-corrected chi connectivity index (χ0v) is 21.2. The Labute approximate surface area is 212 Å². The number of H-pyrrole nitrogens is 1. The van der Waals surface area contributed by atoms with E-state index in [1.165, 1.54) is 27.0 Å². The van der Waals surface area contributed by atoms with Crippen LogP contribution >= 0.6 is 11.3 Å². The number of rotatable bonds is 6. The van der Waals surface area contributed by atoms with Crippen molar-refractivity contribution in [2.24, 2.45) is 5.92 Å². The summed E-state index contributed by atoms with van der Waals surface area (Å²) in [5.74, 6) is 2.58. The molecule has 0 amide bonds. The van der Waals surface area contributed by atoms with Crippen LogP contribution in [0.15, 0.2) is 57.4 Å². The average Bonchev–Trinajstić information content (AvgIpc) is 3.52. The van der Waals surface area contributed by atoms with Crippen LogP contribution in [0, 0.1) is 5.92 Å². The number of nitrogens with zero attached hydrogens (tertiary/aromatic N) is 1. The lowest BCUT2D eigenvalue weighted by Crippen LogP contribution is -2.37. The zero-order chi connectivity index (χ0) is 24.8. The Kier molecular flexibility index (Phi) is 5.93. The number of thiophene rings is 1. The fourth-order valence-corrected chi connectivity index (χ4v) is 7.14. The molecule has 2 aromatic heterocycles. The standard InChI is InChI=1S/C28H29N3O4S/c1-34-22-8-4-3-6-17(22)20-15-36-26-25(20)30-28(33)31(27(26)32)13-12-21-24-16(14-29-21)10-11-18-19(24)7-5-9-23(18)35-2/h3-9,15-16,21,24,29H,10-14H2,1-2H3,(H,30,33)/t16-,21?,24+/m0/s1. The first-order valence-corrected chi connectivity index (χ1v) is 13.3. The molecule has 1 unspecified atom stereocenters. The highest BCUT2D eigenvalue weighted by Gasteiger charge is 2.40. The molecule has 2 N–H and O–H groups in total. The predicted molar refractivity (Wildman–Crippen MR) is 143 cm³/mol. The molecule has 186 valence electrons. The quantitative estimate of drug-likeness (QED) is 0.413. The van der Waals surface area contributed by atoms with Crippen LogP contribution in [0.1, 0.15) is 29.9 Å². The first-order valence-electron chi connectivity index (χ1n) is 12.4. The highest BCUT2D eigenvalue weighted by molar-refractivity contribution is 7.17. The number of hydrogen-bond acceptors (Lipinski definition) is 6. The third kappa shape index (κ3) is 3.67. The molecule has 0 saturated carbocycles. The van der Waals surface area contributed by atoms with Gasteiger partial charge in [0.1, 0.15) is 16.2 Å². The Balaban J connectivity index is 1.30. The number of methoxy groups -OCH3 is 2. The molecule has 1 fully saturated rings. The van der Waals surface area contributed by atoms with Gasteiger partial charge in [-0.3, -0.25) is 9.36 Å². The topological polar surface area (TPSA) is 85.3 Å². The summed E-state index contributed by atoms with van der Waals surface area (Å²) in [5, 5.41) is 5.60. The van der Waals surface area contributed by atoms with Gasteiger partial charge in [-0.25, -0.2) is 4.79 Å². The van der Waals surface area contributed by atoms with Gasteiger partial charge in [-0.05, 0) is 55.0 Å². The maximum Gasteiger partial charge on any atom is 0.328 e. The van der Waals surface area contributed by atoms with Crippen LogP contribution in [0.3, 0.4) is 0 Å². The van der Waals surface area contributed by atoms with Crippen molar-refractivity contribution < 1.29 is 9.47 Å². The van der Waals surface area contributed by atoms with Gasteiger partial charge in [0.05, 0.1) is 19.7 Å². The molecule has 8 heteroatoms. The molecule has 1 aliphatic heterocycles. The van der Waals surface area contributed by atoms with Gasteiger partial charge in [-0.2, -0.15) is 0 Å². The smallest absolute Gasteiger partial charge is 0.328 e. The largest absolute Gasteiger partial charge is 0.496 e. The Morgan fingerprint density at radius 2 is 1.83 bits per heavy atom. The van der Waals surface area contributed by atoms with E-state index >= 15 is 0 Å². The Bertz CT molecular complexity index is 1550. The van der Waals surface area contributed by atoms with Gasteiger partial charge in [0, 0.05) is 35.0 Å². The van der Waals surface area contributed by atoms with Crippen molar-refractivity contribution >= 4 is 21.6 Å². The van der Waals surface area contributed by atoms with Gasteiger partial charge in [0.2, 0.25) is 0 Å². The minimum absolute atomic E-state index is 0.204. The highest BCUT2D eigenvalue weighted by Crippen LogP contribution is 2.45. The number of ether oxygens (including phenoxy) is 2. The van der Waals surface area contributed by atoms with E-state index in [1.54, 1.807) is 14.2 Å². The molecule has 3 heterocycles. The summed E-state index contributed by atoms with van der Waals surface area (Å²) in [6.45, 7) is 1.33. The number of aromatic amines is 1. The molecule has 2 aromatic carbocycles. The summed E-state index contributed by atoms with van der Waals surface area (Å²) in [7, 11) is 3.34. The molecule has 3 atom stereocenters. The molecule has 0 radical (unpaired) electrons. The maximum absolute atomic E-state index is 13.4. The van der Waals surface area contributed by atoms with Crippen molar-refractivity contribution in [2.45, 2.75) is 37.8 Å². The highest BCUT2D eigenvalue weighted by atomic mass is 32.1. The number of aromatic nitrogens is 2. The van der Waals surface area contributed by atoms with E-state index in [1.807, 2.05) is 35.7 Å². The van der Waals surface area contributed by atoms with E-state index in [2.05, 4.69) is 22.4 Å². The number of hydrogen-bond donors (Lipinski definition) is 2. The van der Waals surface area contributed by atoms with Crippen LogP contribution in [0.2, 0.25) is 0 Å². The molecule has 6 rings (SSSR count). The lowest BCUT2D eigenvalue weighted by molar-refractivity contribution is 0.371.